The molecule has 0 bridgehead atoms. The number of halogens is 1. The first kappa shape index (κ1) is 16.7. The van der Waals surface area contributed by atoms with Gasteiger partial charge in [0.1, 0.15) is 6.42 Å². The minimum atomic E-state index is -0.649. The molecule has 1 N–H and O–H groups in total. The van der Waals surface area contributed by atoms with Crippen molar-refractivity contribution in [3.8, 4) is 0 Å². The van der Waals surface area contributed by atoms with Gasteiger partial charge >= 0.3 is 5.97 Å². The van der Waals surface area contributed by atoms with Crippen molar-refractivity contribution in [3.05, 3.63) is 64.7 Å². The summed E-state index contributed by atoms with van der Waals surface area (Å²) in [6, 6.07) is 13.0. The quantitative estimate of drug-likeness (QED) is 0.519. The second-order valence-electron chi connectivity index (χ2n) is 4.68. The zero-order valence-electron chi connectivity index (χ0n) is 12.3. The zero-order valence-corrected chi connectivity index (χ0v) is 13.1. The first-order valence-corrected chi connectivity index (χ1v) is 7.15. The highest BCUT2D eigenvalue weighted by atomic mass is 35.5. The van der Waals surface area contributed by atoms with Crippen LogP contribution in [0.2, 0.25) is 5.02 Å². The lowest BCUT2D eigenvalue weighted by Gasteiger charge is -2.10. The first-order chi connectivity index (χ1) is 11.0. The van der Waals surface area contributed by atoms with Gasteiger partial charge in [0.15, 0.2) is 5.78 Å². The molecule has 2 aromatic carbocycles. The maximum atomic E-state index is 12.6. The third-order valence-corrected chi connectivity index (χ3v) is 3.34. The highest BCUT2D eigenvalue weighted by Crippen LogP contribution is 2.20. The molecular weight excluding hydrogens is 318 g/mol. The number of hydrogen-bond acceptors (Lipinski definition) is 4. The Bertz CT molecular complexity index is 741. The third-order valence-electron chi connectivity index (χ3n) is 3.08. The molecule has 2 rings (SSSR count). The number of methoxy groups -OCH3 is 1. The predicted molar refractivity (Wildman–Crippen MR) is 86.6 cm³/mol. The van der Waals surface area contributed by atoms with Crippen molar-refractivity contribution in [2.75, 3.05) is 12.4 Å². The largest absolute Gasteiger partial charge is 0.469 e. The van der Waals surface area contributed by atoms with E-state index in [1.807, 2.05) is 0 Å². The van der Waals surface area contributed by atoms with Gasteiger partial charge in [-0.15, -0.1) is 0 Å². The lowest BCUT2D eigenvalue weighted by molar-refractivity contribution is -0.142. The number of esters is 1. The number of carbonyl (C=O) groups excluding carboxylic acids is 3. The van der Waals surface area contributed by atoms with E-state index >= 15 is 0 Å². The van der Waals surface area contributed by atoms with Crippen LogP contribution in [0.3, 0.4) is 0 Å². The Morgan fingerprint density at radius 2 is 1.70 bits per heavy atom. The second-order valence-corrected chi connectivity index (χ2v) is 5.12. The molecule has 6 heteroatoms. The third kappa shape index (κ3) is 4.40. The number of ether oxygens (including phenoxy) is 1. The fourth-order valence-corrected chi connectivity index (χ4v) is 2.07. The van der Waals surface area contributed by atoms with Gasteiger partial charge in [0.2, 0.25) is 5.91 Å². The lowest BCUT2D eigenvalue weighted by Crippen LogP contribution is -2.19. The van der Waals surface area contributed by atoms with Gasteiger partial charge in [-0.05, 0) is 36.4 Å². The molecule has 0 unspecified atom stereocenters. The normalized spacial score (nSPS) is 10.0. The molecule has 5 nitrogen and oxygen atoms in total. The van der Waals surface area contributed by atoms with Gasteiger partial charge in [-0.3, -0.25) is 14.4 Å². The Labute approximate surface area is 138 Å². The molecule has 118 valence electrons. The molecule has 0 aliphatic heterocycles. The summed E-state index contributed by atoms with van der Waals surface area (Å²) in [7, 11) is 1.20. The first-order valence-electron chi connectivity index (χ1n) is 6.77. The van der Waals surface area contributed by atoms with Gasteiger partial charge in [0.05, 0.1) is 12.8 Å². The number of ketones is 1. The van der Waals surface area contributed by atoms with E-state index in [2.05, 4.69) is 10.1 Å². The molecule has 0 fully saturated rings. The molecule has 0 aliphatic carbocycles. The number of nitrogens with one attached hydrogen (secondary N) is 1. The van der Waals surface area contributed by atoms with Crippen LogP contribution in [0, 0.1) is 0 Å². The summed E-state index contributed by atoms with van der Waals surface area (Å²) < 4.78 is 4.44. The van der Waals surface area contributed by atoms with Gasteiger partial charge in [0.25, 0.3) is 0 Å². The number of carbonyl (C=O) groups is 3. The standard InChI is InChI=1S/C17H14ClNO4/c1-23-16(21)10-15(20)19-14-5-3-2-4-13(14)17(22)11-6-8-12(18)9-7-11/h2-9H,10H2,1H3,(H,19,20). The van der Waals surface area contributed by atoms with Crippen molar-refractivity contribution in [3.63, 3.8) is 0 Å². The van der Waals surface area contributed by atoms with Crippen LogP contribution < -0.4 is 5.32 Å². The number of benzene rings is 2. The van der Waals surface area contributed by atoms with E-state index < -0.39 is 18.3 Å². The molecule has 2 aromatic rings. The van der Waals surface area contributed by atoms with Crippen LogP contribution in [-0.4, -0.2) is 24.8 Å². The molecule has 0 spiro atoms. The minimum absolute atomic E-state index is 0.254. The van der Waals surface area contributed by atoms with Gasteiger partial charge in [-0.1, -0.05) is 23.7 Å². The van der Waals surface area contributed by atoms with Crippen molar-refractivity contribution < 1.29 is 19.1 Å². The second kappa shape index (κ2) is 7.56. The van der Waals surface area contributed by atoms with E-state index in [4.69, 9.17) is 11.6 Å². The van der Waals surface area contributed by atoms with Crippen LogP contribution in [0.25, 0.3) is 0 Å². The average molecular weight is 332 g/mol. The molecule has 0 saturated heterocycles. The van der Waals surface area contributed by atoms with Crippen molar-refractivity contribution in [1.29, 1.82) is 0 Å². The van der Waals surface area contributed by atoms with Crippen LogP contribution in [0.5, 0.6) is 0 Å². The summed E-state index contributed by atoms with van der Waals surface area (Å²) in [4.78, 5) is 35.5. The van der Waals surface area contributed by atoms with Gasteiger partial charge in [-0.25, -0.2) is 0 Å². The predicted octanol–water partition coefficient (Wildman–Crippen LogP) is 3.07. The van der Waals surface area contributed by atoms with E-state index in [-0.39, 0.29) is 5.78 Å². The van der Waals surface area contributed by atoms with E-state index in [0.29, 0.717) is 21.8 Å². The number of amides is 1. The number of rotatable bonds is 5. The Morgan fingerprint density at radius 3 is 2.35 bits per heavy atom. The molecule has 1 amide bonds. The highest BCUT2D eigenvalue weighted by molar-refractivity contribution is 6.30. The number of hydrogen-bond donors (Lipinski definition) is 1. The number of para-hydroxylation sites is 1. The maximum absolute atomic E-state index is 12.6. The maximum Gasteiger partial charge on any atom is 0.315 e. The zero-order chi connectivity index (χ0) is 16.8. The van der Waals surface area contributed by atoms with Crippen LogP contribution in [-0.2, 0) is 14.3 Å². The van der Waals surface area contributed by atoms with E-state index in [1.54, 1.807) is 48.5 Å². The molecule has 0 heterocycles. The molecule has 0 atom stereocenters. The van der Waals surface area contributed by atoms with Gasteiger partial charge in [0, 0.05) is 16.1 Å². The SMILES string of the molecule is COC(=O)CC(=O)Nc1ccccc1C(=O)c1ccc(Cl)cc1. The molecule has 0 radical (unpaired) electrons. The van der Waals surface area contributed by atoms with Crippen LogP contribution in [0.1, 0.15) is 22.3 Å². The Hall–Kier alpha value is -2.66. The van der Waals surface area contributed by atoms with Crippen LogP contribution in [0.15, 0.2) is 48.5 Å². The molecular formula is C17H14ClNO4. The van der Waals surface area contributed by atoms with Crippen molar-refractivity contribution in [1.82, 2.24) is 0 Å². The average Bonchev–Trinajstić information content (AvgIpc) is 2.55. The van der Waals surface area contributed by atoms with Crippen molar-refractivity contribution in [2.24, 2.45) is 0 Å². The van der Waals surface area contributed by atoms with Crippen LogP contribution in [0.4, 0.5) is 5.69 Å². The molecule has 23 heavy (non-hydrogen) atoms. The number of anilines is 1. The fraction of sp³-hybridized carbons (Fsp3) is 0.118. The summed E-state index contributed by atoms with van der Waals surface area (Å²) in [5.74, 6) is -1.45. The summed E-state index contributed by atoms with van der Waals surface area (Å²) >= 11 is 5.81. The van der Waals surface area contributed by atoms with Crippen LogP contribution >= 0.6 is 11.6 Å². The monoisotopic (exact) mass is 331 g/mol. The smallest absolute Gasteiger partial charge is 0.315 e. The summed E-state index contributed by atoms with van der Waals surface area (Å²) in [6.45, 7) is 0. The minimum Gasteiger partial charge on any atom is -0.469 e. The fourth-order valence-electron chi connectivity index (χ4n) is 1.94. The molecule has 0 aliphatic rings. The lowest BCUT2D eigenvalue weighted by atomic mass is 10.0. The summed E-state index contributed by atoms with van der Waals surface area (Å²) in [5, 5.41) is 3.08. The van der Waals surface area contributed by atoms with E-state index in [9.17, 15) is 14.4 Å². The highest BCUT2D eigenvalue weighted by Gasteiger charge is 2.16. The Balaban J connectivity index is 2.23. The van der Waals surface area contributed by atoms with Crippen molar-refractivity contribution in [2.45, 2.75) is 6.42 Å². The Morgan fingerprint density at radius 1 is 1.04 bits per heavy atom. The molecule has 0 aromatic heterocycles. The van der Waals surface area contributed by atoms with Gasteiger partial charge in [-0.2, -0.15) is 0 Å². The summed E-state index contributed by atoms with van der Waals surface area (Å²) in [6.07, 6.45) is -0.417. The topological polar surface area (TPSA) is 72.5 Å². The summed E-state index contributed by atoms with van der Waals surface area (Å²) in [5.41, 5.74) is 1.11. The van der Waals surface area contributed by atoms with E-state index in [1.165, 1.54) is 7.11 Å². The Kier molecular flexibility index (Phi) is 5.49. The molecule has 0 saturated carbocycles. The van der Waals surface area contributed by atoms with Crippen molar-refractivity contribution >= 4 is 34.9 Å². The van der Waals surface area contributed by atoms with Gasteiger partial charge < -0.3 is 10.1 Å². The van der Waals surface area contributed by atoms with E-state index in [0.717, 1.165) is 0 Å².